The highest BCUT2D eigenvalue weighted by Crippen LogP contribution is 2.19. The van der Waals surface area contributed by atoms with Crippen molar-refractivity contribution in [3.8, 4) is 5.75 Å². The second kappa shape index (κ2) is 12.0. The van der Waals surface area contributed by atoms with Crippen molar-refractivity contribution in [3.63, 3.8) is 0 Å². The average Bonchev–Trinajstić information content (AvgIpc) is 2.75. The van der Waals surface area contributed by atoms with Crippen LogP contribution in [0.1, 0.15) is 56.0 Å². The molecule has 0 aromatic heterocycles. The summed E-state index contributed by atoms with van der Waals surface area (Å²) in [7, 11) is -3.82. The first-order chi connectivity index (χ1) is 16.3. The molecular formula is C26H34N2O6S. The molecule has 0 radical (unpaired) electrons. The minimum atomic E-state index is -3.82. The van der Waals surface area contributed by atoms with Gasteiger partial charge in [0, 0.05) is 24.9 Å². The van der Waals surface area contributed by atoms with Crippen LogP contribution >= 0.6 is 0 Å². The van der Waals surface area contributed by atoms with Crippen molar-refractivity contribution in [1.29, 1.82) is 0 Å². The third-order valence-electron chi connectivity index (χ3n) is 5.20. The zero-order valence-electron chi connectivity index (χ0n) is 20.6. The lowest BCUT2D eigenvalue weighted by atomic mass is 10.0. The number of sulfone groups is 1. The van der Waals surface area contributed by atoms with E-state index >= 15 is 0 Å². The normalized spacial score (nSPS) is 12.6. The van der Waals surface area contributed by atoms with E-state index in [1.807, 2.05) is 6.92 Å². The smallest absolute Gasteiger partial charge is 0.224 e. The van der Waals surface area contributed by atoms with Gasteiger partial charge in [-0.3, -0.25) is 14.4 Å². The Morgan fingerprint density at radius 2 is 1.63 bits per heavy atom. The first-order valence-corrected chi connectivity index (χ1v) is 13.1. The minimum Gasteiger partial charge on any atom is -0.507 e. The SMILES string of the molecule is Cc1ccc(S(=O)(=O)C[C@@H](CC(=O)NC(C)(C)C)C(=O)NCCCC(=O)c2ccccc2O)cc1. The number of benzene rings is 2. The van der Waals surface area contributed by atoms with E-state index in [0.29, 0.717) is 6.42 Å². The highest BCUT2D eigenvalue weighted by atomic mass is 32.2. The molecule has 0 bridgehead atoms. The predicted molar refractivity (Wildman–Crippen MR) is 134 cm³/mol. The summed E-state index contributed by atoms with van der Waals surface area (Å²) in [6.45, 7) is 7.35. The van der Waals surface area contributed by atoms with Gasteiger partial charge in [-0.05, 0) is 58.4 Å². The molecule has 0 spiro atoms. The third-order valence-corrected chi connectivity index (χ3v) is 7.03. The van der Waals surface area contributed by atoms with Gasteiger partial charge in [0.2, 0.25) is 11.8 Å². The number of phenols is 1. The van der Waals surface area contributed by atoms with Gasteiger partial charge in [-0.2, -0.15) is 0 Å². The van der Waals surface area contributed by atoms with Crippen LogP contribution in [0.4, 0.5) is 0 Å². The van der Waals surface area contributed by atoms with Gasteiger partial charge in [-0.25, -0.2) is 8.42 Å². The van der Waals surface area contributed by atoms with Crippen LogP contribution in [0, 0.1) is 12.8 Å². The summed E-state index contributed by atoms with van der Waals surface area (Å²) < 4.78 is 25.9. The van der Waals surface area contributed by atoms with Crippen molar-refractivity contribution in [2.45, 2.75) is 57.4 Å². The van der Waals surface area contributed by atoms with Crippen molar-refractivity contribution in [1.82, 2.24) is 10.6 Å². The van der Waals surface area contributed by atoms with Gasteiger partial charge in [-0.1, -0.05) is 29.8 Å². The maximum atomic E-state index is 13.0. The van der Waals surface area contributed by atoms with Crippen LogP contribution in [0.25, 0.3) is 0 Å². The number of nitrogens with one attached hydrogen (secondary N) is 2. The van der Waals surface area contributed by atoms with Gasteiger partial charge >= 0.3 is 0 Å². The van der Waals surface area contributed by atoms with E-state index in [-0.39, 0.29) is 41.4 Å². The molecular weight excluding hydrogens is 468 g/mol. The Morgan fingerprint density at radius 1 is 1.00 bits per heavy atom. The Labute approximate surface area is 207 Å². The molecule has 190 valence electrons. The Bertz CT molecular complexity index is 1150. The average molecular weight is 503 g/mol. The number of carbonyl (C=O) groups excluding carboxylic acids is 3. The summed E-state index contributed by atoms with van der Waals surface area (Å²) in [6.07, 6.45) is 0.101. The van der Waals surface area contributed by atoms with E-state index in [0.717, 1.165) is 5.56 Å². The van der Waals surface area contributed by atoms with Crippen LogP contribution < -0.4 is 10.6 Å². The number of amides is 2. The second-order valence-electron chi connectivity index (χ2n) is 9.63. The Kier molecular flexibility index (Phi) is 9.59. The fraction of sp³-hybridized carbons (Fsp3) is 0.423. The Morgan fingerprint density at radius 3 is 2.23 bits per heavy atom. The van der Waals surface area contributed by atoms with Crippen LogP contribution in [0.3, 0.4) is 0 Å². The fourth-order valence-corrected chi connectivity index (χ4v) is 5.02. The summed E-state index contributed by atoms with van der Waals surface area (Å²) in [5, 5.41) is 15.2. The molecule has 0 aliphatic rings. The predicted octanol–water partition coefficient (Wildman–Crippen LogP) is 3.17. The van der Waals surface area contributed by atoms with E-state index < -0.39 is 38.9 Å². The standard InChI is InChI=1S/C26H34N2O6S/c1-18-11-13-20(14-12-18)35(33,34)17-19(16-24(31)28-26(2,3)4)25(32)27-15-7-10-23(30)21-8-5-6-9-22(21)29/h5-6,8-9,11-14,19,29H,7,10,15-17H2,1-4H3,(H,27,32)(H,28,31)/t19-/m1/s1. The van der Waals surface area contributed by atoms with Crippen LogP contribution in [0.2, 0.25) is 0 Å². The molecule has 0 aliphatic carbocycles. The number of carbonyl (C=O) groups is 3. The molecule has 0 heterocycles. The molecule has 2 amide bonds. The number of ketones is 1. The number of aryl methyl sites for hydroxylation is 1. The van der Waals surface area contributed by atoms with E-state index in [2.05, 4.69) is 10.6 Å². The molecule has 0 aliphatic heterocycles. The van der Waals surface area contributed by atoms with Gasteiger partial charge < -0.3 is 15.7 Å². The molecule has 35 heavy (non-hydrogen) atoms. The van der Waals surface area contributed by atoms with E-state index in [1.54, 1.807) is 45.0 Å². The lowest BCUT2D eigenvalue weighted by molar-refractivity contribution is -0.130. The molecule has 0 saturated heterocycles. The lowest BCUT2D eigenvalue weighted by Gasteiger charge is -2.23. The van der Waals surface area contributed by atoms with Crippen LogP contribution in [-0.4, -0.2) is 49.0 Å². The van der Waals surface area contributed by atoms with Gasteiger partial charge in [0.05, 0.1) is 22.1 Å². The zero-order chi connectivity index (χ0) is 26.2. The summed E-state index contributed by atoms with van der Waals surface area (Å²) in [5.74, 6) is -2.98. The summed E-state index contributed by atoms with van der Waals surface area (Å²) in [6, 6.07) is 12.5. The molecule has 2 aromatic carbocycles. The lowest BCUT2D eigenvalue weighted by Crippen LogP contribution is -2.44. The van der Waals surface area contributed by atoms with Crippen LogP contribution in [0.5, 0.6) is 5.75 Å². The first kappa shape index (κ1) is 28.0. The number of para-hydroxylation sites is 1. The Hall–Kier alpha value is -3.20. The molecule has 1 atom stereocenters. The quantitative estimate of drug-likeness (QED) is 0.320. The minimum absolute atomic E-state index is 0.0883. The maximum Gasteiger partial charge on any atom is 0.224 e. The van der Waals surface area contributed by atoms with Gasteiger partial charge in [0.25, 0.3) is 0 Å². The van der Waals surface area contributed by atoms with Crippen molar-refractivity contribution < 1.29 is 27.9 Å². The second-order valence-corrected chi connectivity index (χ2v) is 11.7. The maximum absolute atomic E-state index is 13.0. The summed E-state index contributed by atoms with van der Waals surface area (Å²) in [4.78, 5) is 37.8. The highest BCUT2D eigenvalue weighted by Gasteiger charge is 2.30. The number of hydrogen-bond donors (Lipinski definition) is 3. The topological polar surface area (TPSA) is 130 Å². The van der Waals surface area contributed by atoms with Crippen molar-refractivity contribution in [3.05, 3.63) is 59.7 Å². The Balaban J connectivity index is 2.05. The summed E-state index contributed by atoms with van der Waals surface area (Å²) >= 11 is 0. The molecule has 0 fully saturated rings. The largest absolute Gasteiger partial charge is 0.507 e. The first-order valence-electron chi connectivity index (χ1n) is 11.5. The van der Waals surface area contributed by atoms with Crippen molar-refractivity contribution in [2.24, 2.45) is 5.92 Å². The number of hydrogen-bond acceptors (Lipinski definition) is 6. The van der Waals surface area contributed by atoms with Crippen molar-refractivity contribution >= 4 is 27.4 Å². The van der Waals surface area contributed by atoms with E-state index in [9.17, 15) is 27.9 Å². The van der Waals surface area contributed by atoms with E-state index in [4.69, 9.17) is 0 Å². The molecule has 9 heteroatoms. The number of rotatable bonds is 11. The van der Waals surface area contributed by atoms with Gasteiger partial charge in [0.1, 0.15) is 5.75 Å². The molecule has 0 saturated carbocycles. The molecule has 2 aromatic rings. The van der Waals surface area contributed by atoms with Gasteiger partial charge in [0.15, 0.2) is 15.6 Å². The monoisotopic (exact) mass is 502 g/mol. The molecule has 0 unspecified atom stereocenters. The van der Waals surface area contributed by atoms with E-state index in [1.165, 1.54) is 24.3 Å². The number of Topliss-reactive ketones (excluding diaryl/α,β-unsaturated/α-hetero) is 1. The van der Waals surface area contributed by atoms with Crippen molar-refractivity contribution in [2.75, 3.05) is 12.3 Å². The highest BCUT2D eigenvalue weighted by molar-refractivity contribution is 7.91. The summed E-state index contributed by atoms with van der Waals surface area (Å²) in [5.41, 5.74) is 0.582. The zero-order valence-corrected chi connectivity index (χ0v) is 21.4. The number of aromatic hydroxyl groups is 1. The number of phenolic OH excluding ortho intramolecular Hbond substituents is 1. The molecule has 3 N–H and O–H groups in total. The fourth-order valence-electron chi connectivity index (χ4n) is 3.48. The van der Waals surface area contributed by atoms with Crippen LogP contribution in [0.15, 0.2) is 53.4 Å². The molecule has 2 rings (SSSR count). The van der Waals surface area contributed by atoms with Crippen LogP contribution in [-0.2, 0) is 19.4 Å². The third kappa shape index (κ3) is 9.16. The van der Waals surface area contributed by atoms with Gasteiger partial charge in [-0.15, -0.1) is 0 Å². The molecule has 8 nitrogen and oxygen atoms in total.